The van der Waals surface area contributed by atoms with E-state index in [1.165, 1.54) is 25.7 Å². The summed E-state index contributed by atoms with van der Waals surface area (Å²) in [6.45, 7) is 12.3. The maximum Gasteiger partial charge on any atom is 0.226 e. The van der Waals surface area contributed by atoms with Crippen LogP contribution in [0.3, 0.4) is 0 Å². The predicted octanol–water partition coefficient (Wildman–Crippen LogP) is 3.55. The number of fused-ring (bicyclic) bond motifs is 1. The predicted molar refractivity (Wildman–Crippen MR) is 87.9 cm³/mol. The Balaban J connectivity index is 2.07. The molecule has 0 aliphatic carbocycles. The lowest BCUT2D eigenvalue weighted by Crippen LogP contribution is -2.42. The van der Waals surface area contributed by atoms with Crippen LogP contribution < -0.4 is 5.32 Å². The Morgan fingerprint density at radius 1 is 1.29 bits per heavy atom. The lowest BCUT2D eigenvalue weighted by Gasteiger charge is -2.31. The van der Waals surface area contributed by atoms with Gasteiger partial charge in [0.05, 0.1) is 0 Å². The third-order valence-corrected chi connectivity index (χ3v) is 4.80. The third kappa shape index (κ3) is 3.46. The largest absolute Gasteiger partial charge is 0.326 e. The maximum absolute atomic E-state index is 12.5. The highest BCUT2D eigenvalue weighted by molar-refractivity contribution is 5.80. The van der Waals surface area contributed by atoms with Gasteiger partial charge in [0, 0.05) is 17.7 Å². The van der Waals surface area contributed by atoms with Gasteiger partial charge in [0.1, 0.15) is 0 Å². The zero-order valence-corrected chi connectivity index (χ0v) is 13.7. The summed E-state index contributed by atoms with van der Waals surface area (Å²) in [5, 5.41) is 3.10. The molecule has 2 saturated heterocycles. The molecular formula is C18H28N2O. The Kier molecular flexibility index (Phi) is 5.04. The Labute approximate surface area is 128 Å². The van der Waals surface area contributed by atoms with Gasteiger partial charge < -0.3 is 5.32 Å². The van der Waals surface area contributed by atoms with Gasteiger partial charge in [0.2, 0.25) is 5.91 Å². The van der Waals surface area contributed by atoms with Gasteiger partial charge in [-0.05, 0) is 70.7 Å². The van der Waals surface area contributed by atoms with E-state index in [0.717, 1.165) is 29.9 Å². The molecule has 0 saturated carbocycles. The van der Waals surface area contributed by atoms with Crippen molar-refractivity contribution in [3.05, 3.63) is 35.6 Å². The molecular weight excluding hydrogens is 260 g/mol. The van der Waals surface area contributed by atoms with E-state index >= 15 is 0 Å². The van der Waals surface area contributed by atoms with Crippen molar-refractivity contribution in [3.63, 3.8) is 0 Å². The maximum atomic E-state index is 12.5. The molecule has 0 aromatic heterocycles. The average molecular weight is 288 g/mol. The van der Waals surface area contributed by atoms with Crippen molar-refractivity contribution in [2.75, 3.05) is 13.1 Å². The number of nitrogens with zero attached hydrogens (tertiary/aromatic N) is 1. The fourth-order valence-corrected chi connectivity index (χ4v) is 3.87. The minimum Gasteiger partial charge on any atom is -0.326 e. The van der Waals surface area contributed by atoms with Crippen molar-refractivity contribution in [1.82, 2.24) is 10.2 Å². The van der Waals surface area contributed by atoms with Crippen molar-refractivity contribution in [2.45, 2.75) is 58.4 Å². The zero-order chi connectivity index (χ0) is 15.5. The van der Waals surface area contributed by atoms with E-state index in [0.29, 0.717) is 6.42 Å². The van der Waals surface area contributed by atoms with E-state index in [9.17, 15) is 4.79 Å². The second-order valence-electron chi connectivity index (χ2n) is 6.48. The lowest BCUT2D eigenvalue weighted by molar-refractivity contribution is -0.122. The molecule has 3 nitrogen and oxygen atoms in total. The molecule has 2 fully saturated rings. The Bertz CT molecular complexity index is 477. The summed E-state index contributed by atoms with van der Waals surface area (Å²) < 4.78 is 0. The fraction of sp³-hybridized carbons (Fsp3) is 0.611. The van der Waals surface area contributed by atoms with Gasteiger partial charge in [-0.1, -0.05) is 18.7 Å². The van der Waals surface area contributed by atoms with Gasteiger partial charge in [-0.15, -0.1) is 0 Å². The molecule has 21 heavy (non-hydrogen) atoms. The summed E-state index contributed by atoms with van der Waals surface area (Å²) >= 11 is 0. The summed E-state index contributed by atoms with van der Waals surface area (Å²) in [4.78, 5) is 15.0. The second kappa shape index (κ2) is 6.61. The summed E-state index contributed by atoms with van der Waals surface area (Å²) in [5.74, 6) is 0.130. The van der Waals surface area contributed by atoms with Gasteiger partial charge in [-0.2, -0.15) is 0 Å². The fourth-order valence-electron chi connectivity index (χ4n) is 3.87. The van der Waals surface area contributed by atoms with Crippen LogP contribution in [0.25, 0.3) is 0 Å². The van der Waals surface area contributed by atoms with E-state index in [2.05, 4.69) is 16.8 Å². The van der Waals surface area contributed by atoms with Gasteiger partial charge in [-0.3, -0.25) is 9.69 Å². The Morgan fingerprint density at radius 2 is 1.90 bits per heavy atom. The molecule has 2 rings (SSSR count). The molecule has 2 heterocycles. The standard InChI is InChI=1S/C18H28N2O/c1-5-8-15(4)17(14(2)3)19-16(21)13-18-9-6-11-20(18)12-7-10-18/h5,8H,2,6-7,9-13H2,1,3-4H3,(H,19,21)/b8-5-,17-15+. The van der Waals surface area contributed by atoms with E-state index in [1.54, 1.807) is 0 Å². The quantitative estimate of drug-likeness (QED) is 0.785. The molecule has 116 valence electrons. The highest BCUT2D eigenvalue weighted by Gasteiger charge is 2.45. The van der Waals surface area contributed by atoms with Crippen molar-refractivity contribution >= 4 is 5.91 Å². The SMILES string of the molecule is C=C(C)/C(NC(=O)CC12CCCN1CCC2)=C(C)\C=C/C. The first kappa shape index (κ1) is 16.0. The minimum atomic E-state index is 0.130. The second-order valence-corrected chi connectivity index (χ2v) is 6.48. The van der Waals surface area contributed by atoms with Crippen LogP contribution in [0.2, 0.25) is 0 Å². The summed E-state index contributed by atoms with van der Waals surface area (Å²) in [5.41, 5.74) is 2.98. The molecule has 0 radical (unpaired) electrons. The Hall–Kier alpha value is -1.35. The van der Waals surface area contributed by atoms with Crippen molar-refractivity contribution in [2.24, 2.45) is 0 Å². The van der Waals surface area contributed by atoms with Crippen molar-refractivity contribution < 1.29 is 4.79 Å². The van der Waals surface area contributed by atoms with Gasteiger partial charge in [-0.25, -0.2) is 0 Å². The van der Waals surface area contributed by atoms with Crippen LogP contribution in [0.4, 0.5) is 0 Å². The first-order chi connectivity index (χ1) is 9.98. The van der Waals surface area contributed by atoms with Crippen LogP contribution in [0.5, 0.6) is 0 Å². The average Bonchev–Trinajstić information content (AvgIpc) is 2.94. The molecule has 0 aromatic rings. The summed E-state index contributed by atoms with van der Waals surface area (Å²) in [7, 11) is 0. The molecule has 0 aromatic carbocycles. The molecule has 1 amide bonds. The van der Waals surface area contributed by atoms with E-state index in [4.69, 9.17) is 0 Å². The monoisotopic (exact) mass is 288 g/mol. The molecule has 0 atom stereocenters. The number of allylic oxidation sites excluding steroid dienone is 4. The number of nitrogens with one attached hydrogen (secondary N) is 1. The molecule has 0 spiro atoms. The van der Waals surface area contributed by atoms with Crippen LogP contribution in [-0.2, 0) is 4.79 Å². The molecule has 0 unspecified atom stereocenters. The molecule has 2 aliphatic rings. The van der Waals surface area contributed by atoms with Crippen molar-refractivity contribution in [1.29, 1.82) is 0 Å². The van der Waals surface area contributed by atoms with Crippen LogP contribution in [0.15, 0.2) is 35.6 Å². The highest BCUT2D eigenvalue weighted by Crippen LogP contribution is 2.41. The number of amides is 1. The van der Waals surface area contributed by atoms with Gasteiger partial charge >= 0.3 is 0 Å². The number of carbonyl (C=O) groups is 1. The molecule has 0 bridgehead atoms. The number of hydrogen-bond acceptors (Lipinski definition) is 2. The third-order valence-electron chi connectivity index (χ3n) is 4.80. The molecule has 2 aliphatic heterocycles. The normalized spacial score (nSPS) is 22.2. The lowest BCUT2D eigenvalue weighted by atomic mass is 9.90. The first-order valence-electron chi connectivity index (χ1n) is 8.03. The van der Waals surface area contributed by atoms with Gasteiger partial charge in [0.15, 0.2) is 0 Å². The molecule has 3 heteroatoms. The van der Waals surface area contributed by atoms with E-state index in [1.807, 2.05) is 32.9 Å². The first-order valence-corrected chi connectivity index (χ1v) is 8.03. The Morgan fingerprint density at radius 3 is 2.43 bits per heavy atom. The number of carbonyl (C=O) groups excluding carboxylic acids is 1. The number of hydrogen-bond donors (Lipinski definition) is 1. The van der Waals surface area contributed by atoms with Crippen LogP contribution in [0, 0.1) is 0 Å². The minimum absolute atomic E-state index is 0.130. The zero-order valence-electron chi connectivity index (χ0n) is 13.7. The van der Waals surface area contributed by atoms with Crippen LogP contribution in [-0.4, -0.2) is 29.4 Å². The smallest absolute Gasteiger partial charge is 0.226 e. The van der Waals surface area contributed by atoms with E-state index in [-0.39, 0.29) is 11.4 Å². The van der Waals surface area contributed by atoms with E-state index < -0.39 is 0 Å². The number of rotatable bonds is 5. The molecule has 1 N–H and O–H groups in total. The van der Waals surface area contributed by atoms with Gasteiger partial charge in [0.25, 0.3) is 0 Å². The topological polar surface area (TPSA) is 32.3 Å². The van der Waals surface area contributed by atoms with Crippen LogP contribution >= 0.6 is 0 Å². The van der Waals surface area contributed by atoms with Crippen molar-refractivity contribution in [3.8, 4) is 0 Å². The summed E-state index contributed by atoms with van der Waals surface area (Å²) in [6.07, 6.45) is 9.41. The summed E-state index contributed by atoms with van der Waals surface area (Å²) in [6, 6.07) is 0. The highest BCUT2D eigenvalue weighted by atomic mass is 16.1. The van der Waals surface area contributed by atoms with Crippen LogP contribution in [0.1, 0.15) is 52.9 Å².